The van der Waals surface area contributed by atoms with Gasteiger partial charge < -0.3 is 0 Å². The quantitative estimate of drug-likeness (QED) is 0.487. The summed E-state index contributed by atoms with van der Waals surface area (Å²) >= 11 is 0. The predicted octanol–water partition coefficient (Wildman–Crippen LogP) is 7.72. The molecule has 2 saturated carbocycles. The molecule has 0 atom stereocenters. The van der Waals surface area contributed by atoms with E-state index in [0.29, 0.717) is 10.8 Å². The molecular weight excluding hydrogens is 240 g/mol. The normalized spacial score (nSPS) is 24.0. The second-order valence-electron chi connectivity index (χ2n) is 8.09. The van der Waals surface area contributed by atoms with E-state index in [0.717, 1.165) is 11.8 Å². The SMILES string of the molecule is C.C.C.CC1(C)CCC(C(C)(C)C2CCCCC2)CC1. The lowest BCUT2D eigenvalue weighted by atomic mass is 9.58. The fourth-order valence-electron chi connectivity index (χ4n) is 4.32. The van der Waals surface area contributed by atoms with Crippen LogP contribution in [0.4, 0.5) is 0 Å². The van der Waals surface area contributed by atoms with E-state index in [1.807, 2.05) is 0 Å². The van der Waals surface area contributed by atoms with Gasteiger partial charge >= 0.3 is 0 Å². The van der Waals surface area contributed by atoms with Crippen molar-refractivity contribution in [3.63, 3.8) is 0 Å². The van der Waals surface area contributed by atoms with E-state index in [4.69, 9.17) is 0 Å². The molecule has 2 rings (SSSR count). The average Bonchev–Trinajstić information content (AvgIpc) is 2.29. The van der Waals surface area contributed by atoms with Crippen molar-refractivity contribution in [1.82, 2.24) is 0 Å². The van der Waals surface area contributed by atoms with E-state index in [1.54, 1.807) is 0 Å². The summed E-state index contributed by atoms with van der Waals surface area (Å²) in [7, 11) is 0. The van der Waals surface area contributed by atoms with Crippen molar-refractivity contribution in [2.45, 2.75) is 108 Å². The minimum atomic E-state index is 0. The van der Waals surface area contributed by atoms with Crippen molar-refractivity contribution in [2.24, 2.45) is 22.7 Å². The lowest BCUT2D eigenvalue weighted by Crippen LogP contribution is -2.37. The van der Waals surface area contributed by atoms with Gasteiger partial charge in [0.05, 0.1) is 0 Å². The van der Waals surface area contributed by atoms with Gasteiger partial charge in [-0.2, -0.15) is 0 Å². The molecule has 0 nitrogen and oxygen atoms in total. The van der Waals surface area contributed by atoms with Gasteiger partial charge in [-0.3, -0.25) is 0 Å². The Bertz CT molecular complexity index is 233. The molecule has 0 unspecified atom stereocenters. The van der Waals surface area contributed by atoms with Crippen LogP contribution in [0.5, 0.6) is 0 Å². The highest BCUT2D eigenvalue weighted by molar-refractivity contribution is 4.91. The summed E-state index contributed by atoms with van der Waals surface area (Å²) in [6.45, 7) is 10.1. The maximum Gasteiger partial charge on any atom is -0.0298 e. The predicted molar refractivity (Wildman–Crippen MR) is 96.3 cm³/mol. The molecule has 0 N–H and O–H groups in total. The third-order valence-corrected chi connectivity index (χ3v) is 6.05. The highest BCUT2D eigenvalue weighted by atomic mass is 14.5. The van der Waals surface area contributed by atoms with Gasteiger partial charge in [-0.25, -0.2) is 0 Å². The van der Waals surface area contributed by atoms with Gasteiger partial charge in [-0.1, -0.05) is 69.2 Å². The molecule has 0 aromatic carbocycles. The van der Waals surface area contributed by atoms with Gasteiger partial charge in [0.25, 0.3) is 0 Å². The molecule has 0 aromatic heterocycles. The third kappa shape index (κ3) is 5.08. The molecule has 2 aliphatic carbocycles. The molecule has 0 radical (unpaired) electrons. The van der Waals surface area contributed by atoms with Crippen LogP contribution in [0.1, 0.15) is 108 Å². The Balaban J connectivity index is 0. The maximum atomic E-state index is 2.58. The smallest absolute Gasteiger partial charge is 0.0298 e. The Labute approximate surface area is 131 Å². The first-order chi connectivity index (χ1) is 7.92. The highest BCUT2D eigenvalue weighted by Crippen LogP contribution is 2.51. The van der Waals surface area contributed by atoms with Crippen LogP contribution in [0.2, 0.25) is 0 Å². The molecular formula is C20H44. The molecule has 2 fully saturated rings. The average molecular weight is 285 g/mol. The summed E-state index contributed by atoms with van der Waals surface area (Å²) in [6, 6.07) is 0. The molecule has 0 aliphatic heterocycles. The first-order valence-electron chi connectivity index (χ1n) is 7.92. The standard InChI is InChI=1S/C17H32.3CH4/c1-16(2)12-10-15(11-13-16)17(3,4)14-8-6-5-7-9-14;;;/h14-15H,5-13H2,1-4H3;3*1H4. The van der Waals surface area contributed by atoms with Crippen LogP contribution in [0.3, 0.4) is 0 Å². The maximum absolute atomic E-state index is 2.58. The summed E-state index contributed by atoms with van der Waals surface area (Å²) in [6.07, 6.45) is 13.4. The van der Waals surface area contributed by atoms with Crippen LogP contribution in [0, 0.1) is 22.7 Å². The number of hydrogen-bond donors (Lipinski definition) is 0. The second kappa shape index (κ2) is 8.44. The molecule has 0 spiro atoms. The Morgan fingerprint density at radius 2 is 1.10 bits per heavy atom. The molecule has 2 aliphatic rings. The Hall–Kier alpha value is 0. The van der Waals surface area contributed by atoms with Crippen molar-refractivity contribution in [2.75, 3.05) is 0 Å². The fraction of sp³-hybridized carbons (Fsp3) is 1.00. The zero-order valence-electron chi connectivity index (χ0n) is 12.5. The Morgan fingerprint density at radius 1 is 0.700 bits per heavy atom. The van der Waals surface area contributed by atoms with Crippen LogP contribution < -0.4 is 0 Å². The molecule has 20 heavy (non-hydrogen) atoms. The first-order valence-corrected chi connectivity index (χ1v) is 7.92. The fourth-order valence-corrected chi connectivity index (χ4v) is 4.32. The van der Waals surface area contributed by atoms with E-state index in [2.05, 4.69) is 27.7 Å². The number of rotatable bonds is 2. The van der Waals surface area contributed by atoms with E-state index < -0.39 is 0 Å². The van der Waals surface area contributed by atoms with E-state index in [-0.39, 0.29) is 22.3 Å². The van der Waals surface area contributed by atoms with Gasteiger partial charge in [-0.15, -0.1) is 0 Å². The zero-order chi connectivity index (χ0) is 12.5. The summed E-state index contributed by atoms with van der Waals surface area (Å²) in [5.41, 5.74) is 1.23. The number of hydrogen-bond acceptors (Lipinski definition) is 0. The lowest BCUT2D eigenvalue weighted by Gasteiger charge is -2.47. The molecule has 0 heterocycles. The van der Waals surface area contributed by atoms with Crippen LogP contribution >= 0.6 is 0 Å². The molecule has 0 heteroatoms. The summed E-state index contributed by atoms with van der Waals surface area (Å²) in [4.78, 5) is 0. The Morgan fingerprint density at radius 3 is 1.55 bits per heavy atom. The monoisotopic (exact) mass is 284 g/mol. The van der Waals surface area contributed by atoms with Gasteiger partial charge in [0.15, 0.2) is 0 Å². The molecule has 0 saturated heterocycles. The highest BCUT2D eigenvalue weighted by Gasteiger charge is 2.40. The van der Waals surface area contributed by atoms with Gasteiger partial charge in [-0.05, 0) is 61.2 Å². The first kappa shape index (κ1) is 22.3. The van der Waals surface area contributed by atoms with Crippen molar-refractivity contribution >= 4 is 0 Å². The minimum Gasteiger partial charge on any atom is -0.0776 e. The third-order valence-electron chi connectivity index (χ3n) is 6.05. The molecule has 124 valence electrons. The lowest BCUT2D eigenvalue weighted by molar-refractivity contribution is 0.0330. The molecule has 0 amide bonds. The van der Waals surface area contributed by atoms with Crippen molar-refractivity contribution in [3.8, 4) is 0 Å². The largest absolute Gasteiger partial charge is 0.0776 e. The molecule has 0 bridgehead atoms. The summed E-state index contributed by atoms with van der Waals surface area (Å²) < 4.78 is 0. The van der Waals surface area contributed by atoms with E-state index >= 15 is 0 Å². The van der Waals surface area contributed by atoms with Crippen molar-refractivity contribution < 1.29 is 0 Å². The van der Waals surface area contributed by atoms with Gasteiger partial charge in [0, 0.05) is 0 Å². The van der Waals surface area contributed by atoms with Gasteiger partial charge in [0.1, 0.15) is 0 Å². The topological polar surface area (TPSA) is 0 Å². The van der Waals surface area contributed by atoms with E-state index in [9.17, 15) is 0 Å². The van der Waals surface area contributed by atoms with E-state index in [1.165, 1.54) is 57.8 Å². The van der Waals surface area contributed by atoms with Crippen LogP contribution in [-0.2, 0) is 0 Å². The summed E-state index contributed by atoms with van der Waals surface area (Å²) in [5, 5.41) is 0. The minimum absolute atomic E-state index is 0. The molecule has 0 aromatic rings. The summed E-state index contributed by atoms with van der Waals surface area (Å²) in [5.74, 6) is 2.01. The van der Waals surface area contributed by atoms with Crippen LogP contribution in [0.15, 0.2) is 0 Å². The van der Waals surface area contributed by atoms with Crippen LogP contribution in [-0.4, -0.2) is 0 Å². The second-order valence-corrected chi connectivity index (χ2v) is 8.09. The van der Waals surface area contributed by atoms with Gasteiger partial charge in [0.2, 0.25) is 0 Å². The van der Waals surface area contributed by atoms with Crippen LogP contribution in [0.25, 0.3) is 0 Å². The zero-order valence-corrected chi connectivity index (χ0v) is 12.5. The van der Waals surface area contributed by atoms with Crippen molar-refractivity contribution in [1.29, 1.82) is 0 Å². The van der Waals surface area contributed by atoms with Crippen molar-refractivity contribution in [3.05, 3.63) is 0 Å². The Kier molecular flexibility index (Phi) is 9.41.